The Labute approximate surface area is 206 Å². The van der Waals surface area contributed by atoms with Crippen molar-refractivity contribution in [1.82, 2.24) is 24.7 Å². The van der Waals surface area contributed by atoms with Gasteiger partial charge in [0.25, 0.3) is 0 Å². The van der Waals surface area contributed by atoms with E-state index in [1.54, 1.807) is 35.5 Å². The summed E-state index contributed by atoms with van der Waals surface area (Å²) in [5.41, 5.74) is 1.51. The first-order chi connectivity index (χ1) is 17.6. The topological polar surface area (TPSA) is 94.8 Å². The van der Waals surface area contributed by atoms with Crippen LogP contribution in [0.2, 0.25) is 0 Å². The zero-order chi connectivity index (χ0) is 24.2. The molecule has 1 unspecified atom stereocenters. The van der Waals surface area contributed by atoms with Gasteiger partial charge in [-0.25, -0.2) is 19.0 Å². The Morgan fingerprint density at radius 2 is 1.97 bits per heavy atom. The summed E-state index contributed by atoms with van der Waals surface area (Å²) in [6.07, 6.45) is 10.6. The lowest BCUT2D eigenvalue weighted by atomic mass is 9.91. The maximum atomic E-state index is 13.8. The highest BCUT2D eigenvalue weighted by Gasteiger charge is 2.63. The van der Waals surface area contributed by atoms with Crippen LogP contribution in [0, 0.1) is 35.4 Å². The number of hydrogen-bond donors (Lipinski definition) is 1. The summed E-state index contributed by atoms with van der Waals surface area (Å²) in [6.45, 7) is 0. The lowest BCUT2D eigenvalue weighted by Crippen LogP contribution is -2.29. The van der Waals surface area contributed by atoms with Gasteiger partial charge in [-0.1, -0.05) is 0 Å². The van der Waals surface area contributed by atoms with Crippen LogP contribution < -0.4 is 10.1 Å². The van der Waals surface area contributed by atoms with Gasteiger partial charge in [-0.15, -0.1) is 0 Å². The molecule has 1 amide bonds. The fourth-order valence-corrected chi connectivity index (χ4v) is 6.15. The molecule has 3 aromatic heterocycles. The van der Waals surface area contributed by atoms with Gasteiger partial charge in [0, 0.05) is 17.5 Å². The van der Waals surface area contributed by atoms with Gasteiger partial charge in [0.15, 0.2) is 0 Å². The molecule has 0 spiro atoms. The summed E-state index contributed by atoms with van der Waals surface area (Å²) in [5, 5.41) is 7.86. The quantitative estimate of drug-likeness (QED) is 0.417. The molecule has 7 rings (SSSR count). The number of anilines is 1. The Morgan fingerprint density at radius 3 is 2.69 bits per heavy atom. The standard InChI is InChI=1S/C27H25FN6O2/c28-16-3-5-22-21(9-16)23(7-8-30-22)36-18-10-19-20(11-18)26(19)25(15-1-2-15)27(35)33-24-6-4-17(12-31-24)34-14-29-13-32-34/h3-9,12-15,18-20,25-26H,1-2,10-11H2,(H,31,33,35)/t18-,19-,20+,25?,26+. The number of pyridine rings is 2. The van der Waals surface area contributed by atoms with Crippen molar-refractivity contribution in [3.63, 3.8) is 0 Å². The van der Waals surface area contributed by atoms with Crippen molar-refractivity contribution in [1.29, 1.82) is 0 Å². The lowest BCUT2D eigenvalue weighted by Gasteiger charge is -2.22. The predicted molar refractivity (Wildman–Crippen MR) is 130 cm³/mol. The van der Waals surface area contributed by atoms with Crippen LogP contribution in [0.25, 0.3) is 16.6 Å². The Hall–Kier alpha value is -3.88. The third-order valence-electron chi connectivity index (χ3n) is 7.95. The fraction of sp³-hybridized carbons (Fsp3) is 0.370. The van der Waals surface area contributed by atoms with Gasteiger partial charge >= 0.3 is 0 Å². The number of hydrogen-bond acceptors (Lipinski definition) is 6. The van der Waals surface area contributed by atoms with Gasteiger partial charge in [-0.2, -0.15) is 5.10 Å². The lowest BCUT2D eigenvalue weighted by molar-refractivity contribution is -0.121. The average Bonchev–Trinajstić information content (AvgIpc) is 3.69. The van der Waals surface area contributed by atoms with E-state index in [0.29, 0.717) is 40.6 Å². The monoisotopic (exact) mass is 484 g/mol. The minimum atomic E-state index is -0.296. The van der Waals surface area contributed by atoms with Crippen LogP contribution in [0.15, 0.2) is 61.4 Å². The molecule has 5 atom stereocenters. The van der Waals surface area contributed by atoms with E-state index in [-0.39, 0.29) is 23.7 Å². The van der Waals surface area contributed by atoms with Crippen LogP contribution in [0.5, 0.6) is 5.75 Å². The molecule has 3 aliphatic rings. The van der Waals surface area contributed by atoms with E-state index in [0.717, 1.165) is 36.9 Å². The number of amides is 1. The first-order valence-corrected chi connectivity index (χ1v) is 12.5. The fourth-order valence-electron chi connectivity index (χ4n) is 6.15. The summed E-state index contributed by atoms with van der Waals surface area (Å²) in [6, 6.07) is 10.1. The molecule has 1 aromatic carbocycles. The van der Waals surface area contributed by atoms with Crippen LogP contribution in [0.1, 0.15) is 25.7 Å². The number of aromatic nitrogens is 5. The van der Waals surface area contributed by atoms with Crippen molar-refractivity contribution in [2.24, 2.45) is 29.6 Å². The maximum absolute atomic E-state index is 13.8. The average molecular weight is 485 g/mol. The highest BCUT2D eigenvalue weighted by atomic mass is 19.1. The van der Waals surface area contributed by atoms with Crippen LogP contribution in [0.4, 0.5) is 10.2 Å². The molecule has 3 fully saturated rings. The molecule has 4 aromatic rings. The van der Waals surface area contributed by atoms with Crippen molar-refractivity contribution in [3.8, 4) is 11.4 Å². The van der Waals surface area contributed by atoms with E-state index in [2.05, 4.69) is 25.4 Å². The normalized spacial score (nSPS) is 25.4. The van der Waals surface area contributed by atoms with Crippen molar-refractivity contribution in [2.45, 2.75) is 31.8 Å². The van der Waals surface area contributed by atoms with E-state index < -0.39 is 0 Å². The van der Waals surface area contributed by atoms with Crippen molar-refractivity contribution in [3.05, 3.63) is 67.3 Å². The maximum Gasteiger partial charge on any atom is 0.229 e. The molecule has 3 aliphatic carbocycles. The summed E-state index contributed by atoms with van der Waals surface area (Å²) in [4.78, 5) is 26.0. The van der Waals surface area contributed by atoms with Crippen LogP contribution >= 0.6 is 0 Å². The summed E-state index contributed by atoms with van der Waals surface area (Å²) in [5.74, 6) is 2.89. The smallest absolute Gasteiger partial charge is 0.229 e. The Bertz CT molecular complexity index is 1410. The largest absolute Gasteiger partial charge is 0.490 e. The van der Waals surface area contributed by atoms with Crippen molar-refractivity contribution in [2.75, 3.05) is 5.32 Å². The molecule has 182 valence electrons. The van der Waals surface area contributed by atoms with E-state index >= 15 is 0 Å². The molecule has 8 nitrogen and oxygen atoms in total. The van der Waals surface area contributed by atoms with Gasteiger partial charge in [0.1, 0.15) is 30.0 Å². The summed E-state index contributed by atoms with van der Waals surface area (Å²) < 4.78 is 21.7. The highest BCUT2D eigenvalue weighted by Crippen LogP contribution is 2.64. The van der Waals surface area contributed by atoms with Gasteiger partial charge in [-0.3, -0.25) is 9.78 Å². The van der Waals surface area contributed by atoms with E-state index in [1.807, 2.05) is 12.1 Å². The second-order valence-electron chi connectivity index (χ2n) is 10.2. The second kappa shape index (κ2) is 8.36. The highest BCUT2D eigenvalue weighted by molar-refractivity contribution is 5.92. The zero-order valence-corrected chi connectivity index (χ0v) is 19.5. The Balaban J connectivity index is 1.00. The number of rotatable bonds is 7. The van der Waals surface area contributed by atoms with E-state index in [4.69, 9.17) is 4.74 Å². The number of ether oxygens (including phenoxy) is 1. The molecular weight excluding hydrogens is 459 g/mol. The molecular formula is C27H25FN6O2. The van der Waals surface area contributed by atoms with Gasteiger partial charge < -0.3 is 10.1 Å². The molecule has 36 heavy (non-hydrogen) atoms. The molecule has 0 radical (unpaired) electrons. The van der Waals surface area contributed by atoms with Crippen LogP contribution in [0.3, 0.4) is 0 Å². The number of benzene rings is 1. The Morgan fingerprint density at radius 1 is 1.11 bits per heavy atom. The number of halogens is 1. The molecule has 1 N–H and O–H groups in total. The van der Waals surface area contributed by atoms with Gasteiger partial charge in [0.05, 0.1) is 23.5 Å². The minimum absolute atomic E-state index is 0.0218. The van der Waals surface area contributed by atoms with E-state index in [9.17, 15) is 9.18 Å². The SMILES string of the molecule is O=C(Nc1ccc(-n2cncn2)cn1)C(C1CC1)[C@H]1[C@@H]2C[C@@H](Oc3ccnc4ccc(F)cc34)C[C@@H]21. The Kier molecular flexibility index (Phi) is 4.97. The molecule has 3 saturated carbocycles. The number of nitrogens with zero attached hydrogens (tertiary/aromatic N) is 5. The third kappa shape index (κ3) is 3.88. The summed E-state index contributed by atoms with van der Waals surface area (Å²) in [7, 11) is 0. The molecule has 9 heteroatoms. The number of carbonyl (C=O) groups is 1. The minimum Gasteiger partial charge on any atom is -0.490 e. The molecule has 3 heterocycles. The van der Waals surface area contributed by atoms with Crippen LogP contribution in [-0.4, -0.2) is 36.7 Å². The zero-order valence-electron chi connectivity index (χ0n) is 19.5. The van der Waals surface area contributed by atoms with Crippen LogP contribution in [-0.2, 0) is 4.79 Å². The number of nitrogens with one attached hydrogen (secondary N) is 1. The van der Waals surface area contributed by atoms with Gasteiger partial charge in [-0.05, 0) is 85.8 Å². The first kappa shape index (κ1) is 21.4. The number of fused-ring (bicyclic) bond motifs is 2. The predicted octanol–water partition coefficient (Wildman–Crippen LogP) is 4.42. The first-order valence-electron chi connectivity index (χ1n) is 12.5. The molecule has 0 saturated heterocycles. The van der Waals surface area contributed by atoms with Crippen molar-refractivity contribution >= 4 is 22.6 Å². The van der Waals surface area contributed by atoms with Gasteiger partial charge in [0.2, 0.25) is 5.91 Å². The second-order valence-corrected chi connectivity index (χ2v) is 10.2. The third-order valence-corrected chi connectivity index (χ3v) is 7.95. The van der Waals surface area contributed by atoms with Crippen molar-refractivity contribution < 1.29 is 13.9 Å². The molecule has 0 bridgehead atoms. The molecule has 0 aliphatic heterocycles. The summed E-state index contributed by atoms with van der Waals surface area (Å²) >= 11 is 0. The number of carbonyl (C=O) groups excluding carboxylic acids is 1. The van der Waals surface area contributed by atoms with E-state index in [1.165, 1.54) is 18.5 Å².